The first-order valence-corrected chi connectivity index (χ1v) is 11.0. The van der Waals surface area contributed by atoms with Gasteiger partial charge in [0.15, 0.2) is 11.5 Å². The van der Waals surface area contributed by atoms with E-state index in [9.17, 15) is 0 Å². The first kappa shape index (κ1) is 20.0. The summed E-state index contributed by atoms with van der Waals surface area (Å²) in [6, 6.07) is 10.2. The fourth-order valence-electron chi connectivity index (χ4n) is 4.01. The zero-order valence-electron chi connectivity index (χ0n) is 18.6. The van der Waals surface area contributed by atoms with Gasteiger partial charge in [-0.3, -0.25) is 20.1 Å². The van der Waals surface area contributed by atoms with Crippen molar-refractivity contribution in [2.24, 2.45) is 0 Å². The minimum absolute atomic E-state index is 0.316. The van der Waals surface area contributed by atoms with Crippen LogP contribution in [0.4, 0.5) is 5.69 Å². The van der Waals surface area contributed by atoms with Crippen molar-refractivity contribution in [1.29, 1.82) is 0 Å². The summed E-state index contributed by atoms with van der Waals surface area (Å²) in [5.41, 5.74) is 7.54. The average Bonchev–Trinajstić information content (AvgIpc) is 3.48. The third-order valence-corrected chi connectivity index (χ3v) is 5.50. The van der Waals surface area contributed by atoms with Gasteiger partial charge in [-0.25, -0.2) is 9.97 Å². The molecule has 0 unspecified atom stereocenters. The summed E-state index contributed by atoms with van der Waals surface area (Å²) in [5.74, 6) is 0.638. The molecule has 6 aromatic heterocycles. The summed E-state index contributed by atoms with van der Waals surface area (Å²) in [7, 11) is 0. The molecule has 0 aliphatic heterocycles. The van der Waals surface area contributed by atoms with Crippen LogP contribution in [0.25, 0.3) is 56.0 Å². The third-order valence-electron chi connectivity index (χ3n) is 5.50. The number of hydrogen-bond acceptors (Lipinski definition) is 7. The third kappa shape index (κ3) is 3.53. The van der Waals surface area contributed by atoms with Crippen LogP contribution in [0.3, 0.4) is 0 Å². The molecule has 34 heavy (non-hydrogen) atoms. The summed E-state index contributed by atoms with van der Waals surface area (Å²) >= 11 is 0. The normalized spacial score (nSPS) is 11.5. The fourth-order valence-corrected chi connectivity index (χ4v) is 4.01. The van der Waals surface area contributed by atoms with Crippen molar-refractivity contribution in [3.05, 3.63) is 67.5 Å². The van der Waals surface area contributed by atoms with Gasteiger partial charge < -0.3 is 10.3 Å². The summed E-state index contributed by atoms with van der Waals surface area (Å²) in [5, 5.41) is 11.8. The predicted molar refractivity (Wildman–Crippen MR) is 132 cm³/mol. The Kier molecular flexibility index (Phi) is 4.72. The Labute approximate surface area is 194 Å². The SMILES string of the molecule is CC(C)Nc1cncc(-c2cnc3[nH]nc(-c4nc5c(-c6ccccn6)cncc5[nH]4)c3c2)c1. The molecule has 0 bridgehead atoms. The van der Waals surface area contributed by atoms with E-state index in [4.69, 9.17) is 4.98 Å². The van der Waals surface area contributed by atoms with E-state index in [1.54, 1.807) is 18.6 Å². The zero-order chi connectivity index (χ0) is 23.1. The molecule has 0 fully saturated rings. The van der Waals surface area contributed by atoms with Gasteiger partial charge in [-0.15, -0.1) is 0 Å². The van der Waals surface area contributed by atoms with E-state index in [1.165, 1.54) is 0 Å². The quantitative estimate of drug-likeness (QED) is 0.346. The molecule has 0 aromatic carbocycles. The zero-order valence-corrected chi connectivity index (χ0v) is 18.6. The van der Waals surface area contributed by atoms with Crippen molar-refractivity contribution < 1.29 is 0 Å². The molecule has 6 rings (SSSR count). The highest BCUT2D eigenvalue weighted by molar-refractivity contribution is 5.96. The molecule has 166 valence electrons. The van der Waals surface area contributed by atoms with Crippen LogP contribution in [-0.2, 0) is 0 Å². The number of nitrogens with zero attached hydrogens (tertiary/aromatic N) is 6. The van der Waals surface area contributed by atoms with Gasteiger partial charge in [0, 0.05) is 53.7 Å². The molecule has 6 aromatic rings. The van der Waals surface area contributed by atoms with E-state index in [-0.39, 0.29) is 0 Å². The van der Waals surface area contributed by atoms with Crippen molar-refractivity contribution >= 4 is 27.8 Å². The molecule has 0 aliphatic carbocycles. The lowest BCUT2D eigenvalue weighted by atomic mass is 10.1. The van der Waals surface area contributed by atoms with Crippen molar-refractivity contribution in [3.63, 3.8) is 0 Å². The Balaban J connectivity index is 1.45. The molecule has 0 radical (unpaired) electrons. The minimum atomic E-state index is 0.316. The molecule has 6 heterocycles. The van der Waals surface area contributed by atoms with Crippen LogP contribution in [0.2, 0.25) is 0 Å². The number of fused-ring (bicyclic) bond motifs is 2. The van der Waals surface area contributed by atoms with Crippen LogP contribution in [-0.4, -0.2) is 46.1 Å². The van der Waals surface area contributed by atoms with E-state index < -0.39 is 0 Å². The highest BCUT2D eigenvalue weighted by atomic mass is 15.2. The Morgan fingerprint density at radius 2 is 1.79 bits per heavy atom. The highest BCUT2D eigenvalue weighted by Crippen LogP contribution is 2.31. The lowest BCUT2D eigenvalue weighted by Crippen LogP contribution is -2.09. The minimum Gasteiger partial charge on any atom is -0.382 e. The van der Waals surface area contributed by atoms with Crippen LogP contribution < -0.4 is 5.32 Å². The first-order chi connectivity index (χ1) is 16.7. The molecule has 0 amide bonds. The number of rotatable bonds is 5. The van der Waals surface area contributed by atoms with Crippen molar-refractivity contribution in [2.45, 2.75) is 19.9 Å². The molecule has 0 saturated carbocycles. The van der Waals surface area contributed by atoms with Gasteiger partial charge in [-0.05, 0) is 38.1 Å². The topological polar surface area (TPSA) is 121 Å². The van der Waals surface area contributed by atoms with Crippen LogP contribution >= 0.6 is 0 Å². The molecule has 0 atom stereocenters. The number of hydrogen-bond donors (Lipinski definition) is 3. The number of imidazole rings is 1. The van der Waals surface area contributed by atoms with Crippen molar-refractivity contribution in [3.8, 4) is 33.9 Å². The largest absolute Gasteiger partial charge is 0.382 e. The maximum absolute atomic E-state index is 4.86. The summed E-state index contributed by atoms with van der Waals surface area (Å²) in [6.45, 7) is 4.19. The van der Waals surface area contributed by atoms with Gasteiger partial charge in [-0.2, -0.15) is 5.10 Å². The average molecular weight is 448 g/mol. The monoisotopic (exact) mass is 447 g/mol. The molecule has 0 saturated heterocycles. The summed E-state index contributed by atoms with van der Waals surface area (Å²) < 4.78 is 0. The maximum Gasteiger partial charge on any atom is 0.159 e. The van der Waals surface area contributed by atoms with E-state index in [1.807, 2.05) is 36.8 Å². The van der Waals surface area contributed by atoms with E-state index in [0.717, 1.165) is 44.5 Å². The molecule has 9 heteroatoms. The number of aromatic nitrogens is 8. The maximum atomic E-state index is 4.86. The highest BCUT2D eigenvalue weighted by Gasteiger charge is 2.17. The molecule has 0 aliphatic rings. The Morgan fingerprint density at radius 3 is 2.65 bits per heavy atom. The van der Waals surface area contributed by atoms with Crippen molar-refractivity contribution in [1.82, 2.24) is 40.1 Å². The van der Waals surface area contributed by atoms with Crippen LogP contribution in [0.1, 0.15) is 13.8 Å². The lowest BCUT2D eigenvalue weighted by molar-refractivity contribution is 0.898. The first-order valence-electron chi connectivity index (χ1n) is 11.0. The standard InChI is InChI=1S/C25H21N9/c1-14(2)30-17-7-15(9-26-11-17)16-8-18-23(33-34-24(18)29-10-16)25-31-21-13-27-12-19(22(21)32-25)20-5-3-4-6-28-20/h3-14,30H,1-2H3,(H,31,32)(H,29,33,34). The molecule has 3 N–H and O–H groups in total. The molecule has 0 spiro atoms. The molecule has 9 nitrogen and oxygen atoms in total. The van der Waals surface area contributed by atoms with E-state index in [2.05, 4.69) is 66.4 Å². The number of anilines is 1. The van der Waals surface area contributed by atoms with Crippen LogP contribution in [0.5, 0.6) is 0 Å². The number of nitrogens with one attached hydrogen (secondary N) is 3. The Bertz CT molecular complexity index is 1620. The van der Waals surface area contributed by atoms with Crippen LogP contribution in [0, 0.1) is 0 Å². The van der Waals surface area contributed by atoms with Gasteiger partial charge in [0.05, 0.1) is 28.5 Å². The smallest absolute Gasteiger partial charge is 0.159 e. The molecular weight excluding hydrogens is 426 g/mol. The molecular formula is C25H21N9. The van der Waals surface area contributed by atoms with Gasteiger partial charge in [0.2, 0.25) is 0 Å². The van der Waals surface area contributed by atoms with Crippen molar-refractivity contribution in [2.75, 3.05) is 5.32 Å². The number of H-pyrrole nitrogens is 2. The van der Waals surface area contributed by atoms with Gasteiger partial charge >= 0.3 is 0 Å². The van der Waals surface area contributed by atoms with Gasteiger partial charge in [0.25, 0.3) is 0 Å². The Morgan fingerprint density at radius 1 is 0.912 bits per heavy atom. The van der Waals surface area contributed by atoms with E-state index >= 15 is 0 Å². The fraction of sp³-hybridized carbons (Fsp3) is 0.120. The second kappa shape index (κ2) is 8.04. The summed E-state index contributed by atoms with van der Waals surface area (Å²) in [4.78, 5) is 26.0. The van der Waals surface area contributed by atoms with E-state index in [0.29, 0.717) is 23.2 Å². The lowest BCUT2D eigenvalue weighted by Gasteiger charge is -2.10. The number of pyridine rings is 4. The summed E-state index contributed by atoms with van der Waals surface area (Å²) in [6.07, 6.45) is 10.8. The number of aromatic amines is 2. The predicted octanol–water partition coefficient (Wildman–Crippen LogP) is 4.84. The van der Waals surface area contributed by atoms with Gasteiger partial charge in [-0.1, -0.05) is 6.07 Å². The Hall–Kier alpha value is -4.66. The second-order valence-electron chi connectivity index (χ2n) is 8.34. The van der Waals surface area contributed by atoms with Crippen LogP contribution in [0.15, 0.2) is 67.5 Å². The van der Waals surface area contributed by atoms with Gasteiger partial charge in [0.1, 0.15) is 11.2 Å². The second-order valence-corrected chi connectivity index (χ2v) is 8.34.